The van der Waals surface area contributed by atoms with Crippen LogP contribution in [0.5, 0.6) is 0 Å². The van der Waals surface area contributed by atoms with E-state index in [1.807, 2.05) is 12.1 Å². The summed E-state index contributed by atoms with van der Waals surface area (Å²) in [5.41, 5.74) is 1.47. The summed E-state index contributed by atoms with van der Waals surface area (Å²) < 4.78 is 0. The SMILES string of the molecule is N#C/C(=C(/C#N)c1ccccc1Cl)c1ccccc1Cl. The molecule has 2 aromatic rings. The van der Waals surface area contributed by atoms with Gasteiger partial charge in [-0.05, 0) is 12.1 Å². The third-order valence-corrected chi connectivity index (χ3v) is 3.42. The van der Waals surface area contributed by atoms with E-state index in [0.29, 0.717) is 21.2 Å². The van der Waals surface area contributed by atoms with Crippen LogP contribution in [0.4, 0.5) is 0 Å². The molecule has 20 heavy (non-hydrogen) atoms. The summed E-state index contributed by atoms with van der Waals surface area (Å²) in [6, 6.07) is 17.9. The van der Waals surface area contributed by atoms with E-state index in [2.05, 4.69) is 0 Å². The third kappa shape index (κ3) is 2.68. The van der Waals surface area contributed by atoms with E-state index in [0.717, 1.165) is 0 Å². The van der Waals surface area contributed by atoms with Crippen molar-refractivity contribution in [3.05, 3.63) is 69.7 Å². The highest BCUT2D eigenvalue weighted by Crippen LogP contribution is 2.32. The van der Waals surface area contributed by atoms with Crippen molar-refractivity contribution >= 4 is 34.3 Å². The van der Waals surface area contributed by atoms with Gasteiger partial charge in [-0.1, -0.05) is 59.6 Å². The van der Waals surface area contributed by atoms with Gasteiger partial charge < -0.3 is 0 Å². The molecule has 0 radical (unpaired) electrons. The standard InChI is InChI=1S/C16H8Cl2N2/c17-15-7-3-1-5-11(15)13(9-19)14(10-20)12-6-2-4-8-16(12)18/h1-8H/b14-13+. The van der Waals surface area contributed by atoms with Gasteiger partial charge in [-0.3, -0.25) is 0 Å². The normalized spacial score (nSPS) is 11.2. The molecule has 0 aliphatic carbocycles. The van der Waals surface area contributed by atoms with Gasteiger partial charge >= 0.3 is 0 Å². The van der Waals surface area contributed by atoms with Crippen LogP contribution in [0.1, 0.15) is 11.1 Å². The lowest BCUT2D eigenvalue weighted by Crippen LogP contribution is -1.91. The molecule has 0 saturated carbocycles. The fraction of sp³-hybridized carbons (Fsp3) is 0. The van der Waals surface area contributed by atoms with Gasteiger partial charge in [0.15, 0.2) is 0 Å². The molecule has 0 N–H and O–H groups in total. The van der Waals surface area contributed by atoms with Crippen molar-refractivity contribution in [3.8, 4) is 12.1 Å². The highest BCUT2D eigenvalue weighted by atomic mass is 35.5. The quantitative estimate of drug-likeness (QED) is 0.581. The van der Waals surface area contributed by atoms with E-state index in [1.165, 1.54) is 0 Å². The second kappa shape index (κ2) is 6.26. The maximum atomic E-state index is 9.40. The molecule has 0 spiro atoms. The summed E-state index contributed by atoms with van der Waals surface area (Å²) in [7, 11) is 0. The molecule has 0 aliphatic rings. The van der Waals surface area contributed by atoms with Crippen molar-refractivity contribution in [2.24, 2.45) is 0 Å². The van der Waals surface area contributed by atoms with Crippen molar-refractivity contribution in [1.29, 1.82) is 10.5 Å². The van der Waals surface area contributed by atoms with Gasteiger partial charge in [-0.15, -0.1) is 0 Å². The third-order valence-electron chi connectivity index (χ3n) is 2.76. The van der Waals surface area contributed by atoms with Crippen molar-refractivity contribution in [2.45, 2.75) is 0 Å². The molecule has 2 rings (SSSR count). The van der Waals surface area contributed by atoms with Crippen LogP contribution in [-0.4, -0.2) is 0 Å². The average Bonchev–Trinajstić information content (AvgIpc) is 2.47. The molecule has 0 saturated heterocycles. The van der Waals surface area contributed by atoms with Crippen LogP contribution < -0.4 is 0 Å². The summed E-state index contributed by atoms with van der Waals surface area (Å²) in [5, 5.41) is 19.6. The predicted molar refractivity (Wildman–Crippen MR) is 80.9 cm³/mol. The highest BCUT2D eigenvalue weighted by Gasteiger charge is 2.15. The first-order chi connectivity index (χ1) is 9.69. The Labute approximate surface area is 127 Å². The molecule has 0 bridgehead atoms. The molecule has 0 aliphatic heterocycles. The number of nitrogens with zero attached hydrogens (tertiary/aromatic N) is 2. The fourth-order valence-corrected chi connectivity index (χ4v) is 2.29. The summed E-state index contributed by atoms with van der Waals surface area (Å²) in [4.78, 5) is 0. The number of nitriles is 2. The Morgan fingerprint density at radius 2 is 1.05 bits per heavy atom. The molecule has 0 atom stereocenters. The van der Waals surface area contributed by atoms with E-state index in [-0.39, 0.29) is 11.1 Å². The molecule has 96 valence electrons. The second-order valence-corrected chi connectivity index (χ2v) is 4.75. The Morgan fingerprint density at radius 1 is 0.700 bits per heavy atom. The summed E-state index contributed by atoms with van der Waals surface area (Å²) in [6.07, 6.45) is 0. The van der Waals surface area contributed by atoms with E-state index >= 15 is 0 Å². The fourth-order valence-electron chi connectivity index (χ4n) is 1.83. The lowest BCUT2D eigenvalue weighted by molar-refractivity contribution is 1.50. The van der Waals surface area contributed by atoms with Gasteiger partial charge in [0, 0.05) is 21.2 Å². The number of allylic oxidation sites excluding steroid dienone is 2. The van der Waals surface area contributed by atoms with Crippen LogP contribution in [0.2, 0.25) is 10.0 Å². The molecule has 2 nitrogen and oxygen atoms in total. The topological polar surface area (TPSA) is 47.6 Å². The first kappa shape index (κ1) is 14.2. The summed E-state index contributed by atoms with van der Waals surface area (Å²) in [6.45, 7) is 0. The zero-order valence-corrected chi connectivity index (χ0v) is 11.8. The Kier molecular flexibility index (Phi) is 4.43. The minimum Gasteiger partial charge on any atom is -0.192 e. The molecule has 4 heteroatoms. The molecule has 2 aromatic carbocycles. The highest BCUT2D eigenvalue weighted by molar-refractivity contribution is 6.34. The van der Waals surface area contributed by atoms with E-state index in [4.69, 9.17) is 23.2 Å². The van der Waals surface area contributed by atoms with Crippen LogP contribution in [0.25, 0.3) is 11.1 Å². The number of rotatable bonds is 2. The van der Waals surface area contributed by atoms with Crippen molar-refractivity contribution < 1.29 is 0 Å². The lowest BCUT2D eigenvalue weighted by atomic mass is 9.96. The van der Waals surface area contributed by atoms with Crippen molar-refractivity contribution in [2.75, 3.05) is 0 Å². The lowest BCUT2D eigenvalue weighted by Gasteiger charge is -2.07. The van der Waals surface area contributed by atoms with E-state index < -0.39 is 0 Å². The molecular weight excluding hydrogens is 291 g/mol. The van der Waals surface area contributed by atoms with Gasteiger partial charge in [-0.2, -0.15) is 10.5 Å². The van der Waals surface area contributed by atoms with Crippen LogP contribution >= 0.6 is 23.2 Å². The van der Waals surface area contributed by atoms with Crippen molar-refractivity contribution in [1.82, 2.24) is 0 Å². The van der Waals surface area contributed by atoms with E-state index in [9.17, 15) is 10.5 Å². The average molecular weight is 299 g/mol. The summed E-state index contributed by atoms with van der Waals surface area (Å²) in [5.74, 6) is 0. The van der Waals surface area contributed by atoms with Crippen LogP contribution in [0, 0.1) is 22.7 Å². The largest absolute Gasteiger partial charge is 0.192 e. The smallest absolute Gasteiger partial charge is 0.101 e. The van der Waals surface area contributed by atoms with Crippen molar-refractivity contribution in [3.63, 3.8) is 0 Å². The second-order valence-electron chi connectivity index (χ2n) is 3.93. The first-order valence-corrected chi connectivity index (χ1v) is 6.49. The van der Waals surface area contributed by atoms with Gasteiger partial charge in [-0.25, -0.2) is 0 Å². The maximum Gasteiger partial charge on any atom is 0.101 e. The van der Waals surface area contributed by atoms with Gasteiger partial charge in [0.05, 0.1) is 11.1 Å². The molecule has 0 aromatic heterocycles. The predicted octanol–water partition coefficient (Wildman–Crippen LogP) is 4.95. The van der Waals surface area contributed by atoms with Gasteiger partial charge in [0.2, 0.25) is 0 Å². The first-order valence-electron chi connectivity index (χ1n) is 5.73. The summed E-state index contributed by atoms with van der Waals surface area (Å²) >= 11 is 12.2. The Hall–Kier alpha value is -2.26. The monoisotopic (exact) mass is 298 g/mol. The van der Waals surface area contributed by atoms with Crippen LogP contribution in [0.15, 0.2) is 48.5 Å². The van der Waals surface area contributed by atoms with Gasteiger partial charge in [0.1, 0.15) is 12.1 Å². The number of hydrogen-bond acceptors (Lipinski definition) is 2. The molecule has 0 fully saturated rings. The molecule has 0 heterocycles. The van der Waals surface area contributed by atoms with E-state index in [1.54, 1.807) is 48.5 Å². The Morgan fingerprint density at radius 3 is 1.35 bits per heavy atom. The Balaban J connectivity index is 2.75. The van der Waals surface area contributed by atoms with Gasteiger partial charge in [0.25, 0.3) is 0 Å². The molecule has 0 unspecified atom stereocenters. The molecular formula is C16H8Cl2N2. The zero-order chi connectivity index (χ0) is 14.5. The number of benzene rings is 2. The number of hydrogen-bond donors (Lipinski definition) is 0. The number of halogens is 2. The Bertz CT molecular complexity index is 699. The molecule has 0 amide bonds. The zero-order valence-electron chi connectivity index (χ0n) is 10.3. The van der Waals surface area contributed by atoms with Crippen LogP contribution in [-0.2, 0) is 0 Å². The maximum absolute atomic E-state index is 9.40. The minimum atomic E-state index is 0.214. The minimum absolute atomic E-state index is 0.214. The van der Waals surface area contributed by atoms with Crippen LogP contribution in [0.3, 0.4) is 0 Å².